The molecule has 0 aliphatic carbocycles. The van der Waals surface area contributed by atoms with E-state index in [9.17, 15) is 4.79 Å². The van der Waals surface area contributed by atoms with Crippen molar-refractivity contribution in [3.63, 3.8) is 0 Å². The molecule has 2 aromatic heterocycles. The van der Waals surface area contributed by atoms with Gasteiger partial charge in [-0.3, -0.25) is 4.79 Å². The maximum Gasteiger partial charge on any atom is 0.262 e. The summed E-state index contributed by atoms with van der Waals surface area (Å²) in [6.45, 7) is 3.90. The first-order valence-corrected chi connectivity index (χ1v) is 7.43. The van der Waals surface area contributed by atoms with Crippen LogP contribution in [0, 0.1) is 13.8 Å². The van der Waals surface area contributed by atoms with Crippen molar-refractivity contribution < 1.29 is 9.32 Å². The third-order valence-electron chi connectivity index (χ3n) is 3.50. The number of hydrogen-bond donors (Lipinski definition) is 1. The molecular formula is C16H15ClN4O2. The number of halogens is 1. The van der Waals surface area contributed by atoms with Crippen molar-refractivity contribution in [2.24, 2.45) is 0 Å². The summed E-state index contributed by atoms with van der Waals surface area (Å²) in [6.07, 6.45) is 1.62. The lowest BCUT2D eigenvalue weighted by Crippen LogP contribution is -2.17. The predicted molar refractivity (Wildman–Crippen MR) is 86.7 cm³/mol. The van der Waals surface area contributed by atoms with Crippen LogP contribution in [0.5, 0.6) is 0 Å². The van der Waals surface area contributed by atoms with Gasteiger partial charge in [0, 0.05) is 11.1 Å². The SMILES string of the molecule is Cc1noc(C)c1C(=O)Nc1ccnn1Cc1ccccc1Cl. The number of benzene rings is 1. The molecule has 3 rings (SSSR count). The van der Waals surface area contributed by atoms with E-state index in [-0.39, 0.29) is 5.91 Å². The van der Waals surface area contributed by atoms with E-state index in [4.69, 9.17) is 16.1 Å². The lowest BCUT2D eigenvalue weighted by Gasteiger charge is -2.10. The lowest BCUT2D eigenvalue weighted by molar-refractivity contribution is 0.102. The zero-order valence-electron chi connectivity index (χ0n) is 12.7. The van der Waals surface area contributed by atoms with Crippen LogP contribution in [0.2, 0.25) is 5.02 Å². The summed E-state index contributed by atoms with van der Waals surface area (Å²) in [5.74, 6) is 0.786. The van der Waals surface area contributed by atoms with Crippen LogP contribution >= 0.6 is 11.6 Å². The van der Waals surface area contributed by atoms with Crippen molar-refractivity contribution in [3.05, 3.63) is 64.1 Å². The molecule has 118 valence electrons. The molecule has 0 unspecified atom stereocenters. The number of aryl methyl sites for hydroxylation is 2. The summed E-state index contributed by atoms with van der Waals surface area (Å²) in [6, 6.07) is 9.25. The number of rotatable bonds is 4. The standard InChI is InChI=1S/C16H15ClN4O2/c1-10-15(11(2)23-20-10)16(22)19-14-7-8-18-21(14)9-12-5-3-4-6-13(12)17/h3-8H,9H2,1-2H3,(H,19,22). The van der Waals surface area contributed by atoms with Gasteiger partial charge in [-0.15, -0.1) is 0 Å². The zero-order valence-corrected chi connectivity index (χ0v) is 13.5. The Kier molecular flexibility index (Phi) is 4.16. The van der Waals surface area contributed by atoms with Crippen LogP contribution in [0.1, 0.15) is 27.4 Å². The minimum absolute atomic E-state index is 0.276. The number of carbonyl (C=O) groups is 1. The first kappa shape index (κ1) is 15.3. The Labute approximate surface area is 138 Å². The molecule has 23 heavy (non-hydrogen) atoms. The number of carbonyl (C=O) groups excluding carboxylic acids is 1. The summed E-state index contributed by atoms with van der Waals surface area (Å²) in [5, 5.41) is 11.5. The number of aromatic nitrogens is 3. The molecule has 3 aromatic rings. The second-order valence-electron chi connectivity index (χ2n) is 5.12. The largest absolute Gasteiger partial charge is 0.361 e. The normalized spacial score (nSPS) is 10.7. The van der Waals surface area contributed by atoms with Crippen molar-refractivity contribution in [1.29, 1.82) is 0 Å². The Hall–Kier alpha value is -2.60. The van der Waals surface area contributed by atoms with Gasteiger partial charge in [0.25, 0.3) is 5.91 Å². The second kappa shape index (κ2) is 6.26. The molecule has 1 aromatic carbocycles. The molecule has 0 spiro atoms. The van der Waals surface area contributed by atoms with Crippen LogP contribution < -0.4 is 5.32 Å². The molecule has 0 saturated carbocycles. The number of nitrogens with one attached hydrogen (secondary N) is 1. The minimum atomic E-state index is -0.276. The molecule has 1 N–H and O–H groups in total. The van der Waals surface area contributed by atoms with Crippen molar-refractivity contribution in [3.8, 4) is 0 Å². The zero-order chi connectivity index (χ0) is 16.4. The Morgan fingerprint density at radius 1 is 1.30 bits per heavy atom. The van der Waals surface area contributed by atoms with Gasteiger partial charge in [-0.05, 0) is 25.5 Å². The molecule has 0 aliphatic heterocycles. The molecule has 0 atom stereocenters. The van der Waals surface area contributed by atoms with E-state index in [1.165, 1.54) is 0 Å². The van der Waals surface area contributed by atoms with E-state index in [1.807, 2.05) is 24.3 Å². The summed E-state index contributed by atoms with van der Waals surface area (Å²) < 4.78 is 6.70. The van der Waals surface area contributed by atoms with Gasteiger partial charge in [-0.1, -0.05) is 35.0 Å². The van der Waals surface area contributed by atoms with Gasteiger partial charge in [0.1, 0.15) is 17.1 Å². The van der Waals surface area contributed by atoms with Gasteiger partial charge >= 0.3 is 0 Å². The van der Waals surface area contributed by atoms with Gasteiger partial charge in [0.15, 0.2) is 0 Å². The Morgan fingerprint density at radius 3 is 2.78 bits per heavy atom. The van der Waals surface area contributed by atoms with Crippen LogP contribution in [0.4, 0.5) is 5.82 Å². The average molecular weight is 331 g/mol. The van der Waals surface area contributed by atoms with E-state index in [0.29, 0.717) is 34.4 Å². The molecule has 2 heterocycles. The monoisotopic (exact) mass is 330 g/mol. The van der Waals surface area contributed by atoms with Gasteiger partial charge in [-0.25, -0.2) is 4.68 Å². The van der Waals surface area contributed by atoms with Gasteiger partial charge < -0.3 is 9.84 Å². The number of hydrogen-bond acceptors (Lipinski definition) is 4. The molecule has 0 aliphatic rings. The average Bonchev–Trinajstić information content (AvgIpc) is 3.08. The van der Waals surface area contributed by atoms with E-state index < -0.39 is 0 Å². The summed E-state index contributed by atoms with van der Waals surface area (Å²) >= 11 is 6.17. The highest BCUT2D eigenvalue weighted by atomic mass is 35.5. The third-order valence-corrected chi connectivity index (χ3v) is 3.87. The van der Waals surface area contributed by atoms with E-state index in [0.717, 1.165) is 5.56 Å². The van der Waals surface area contributed by atoms with E-state index in [2.05, 4.69) is 15.6 Å². The summed E-state index contributed by atoms with van der Waals surface area (Å²) in [7, 11) is 0. The predicted octanol–water partition coefficient (Wildman–Crippen LogP) is 3.44. The Morgan fingerprint density at radius 2 is 2.09 bits per heavy atom. The summed E-state index contributed by atoms with van der Waals surface area (Å²) in [5.41, 5.74) is 1.92. The molecule has 7 heteroatoms. The Bertz CT molecular complexity index is 834. The molecule has 0 saturated heterocycles. The number of amides is 1. The van der Waals surface area contributed by atoms with Crippen molar-refractivity contribution in [1.82, 2.24) is 14.9 Å². The maximum atomic E-state index is 12.4. The topological polar surface area (TPSA) is 73.0 Å². The van der Waals surface area contributed by atoms with Crippen LogP contribution in [-0.2, 0) is 6.54 Å². The minimum Gasteiger partial charge on any atom is -0.361 e. The number of anilines is 1. The van der Waals surface area contributed by atoms with E-state index >= 15 is 0 Å². The second-order valence-corrected chi connectivity index (χ2v) is 5.53. The van der Waals surface area contributed by atoms with Crippen molar-refractivity contribution in [2.75, 3.05) is 5.32 Å². The van der Waals surface area contributed by atoms with Crippen LogP contribution in [0.25, 0.3) is 0 Å². The van der Waals surface area contributed by atoms with Gasteiger partial charge in [0.2, 0.25) is 0 Å². The molecule has 0 bridgehead atoms. The highest BCUT2D eigenvalue weighted by Crippen LogP contribution is 2.19. The van der Waals surface area contributed by atoms with Crippen LogP contribution in [0.15, 0.2) is 41.1 Å². The molecular weight excluding hydrogens is 316 g/mol. The first-order chi connectivity index (χ1) is 11.1. The lowest BCUT2D eigenvalue weighted by atomic mass is 10.2. The maximum absolute atomic E-state index is 12.4. The quantitative estimate of drug-likeness (QED) is 0.795. The van der Waals surface area contributed by atoms with Gasteiger partial charge in [-0.2, -0.15) is 5.10 Å². The molecule has 0 radical (unpaired) electrons. The third kappa shape index (κ3) is 3.12. The smallest absolute Gasteiger partial charge is 0.262 e. The molecule has 6 nitrogen and oxygen atoms in total. The van der Waals surface area contributed by atoms with Gasteiger partial charge in [0.05, 0.1) is 18.4 Å². The van der Waals surface area contributed by atoms with Crippen LogP contribution in [0.3, 0.4) is 0 Å². The molecule has 1 amide bonds. The first-order valence-electron chi connectivity index (χ1n) is 7.05. The fourth-order valence-electron chi connectivity index (χ4n) is 2.34. The van der Waals surface area contributed by atoms with Crippen LogP contribution in [-0.4, -0.2) is 20.8 Å². The highest BCUT2D eigenvalue weighted by molar-refractivity contribution is 6.31. The van der Waals surface area contributed by atoms with Crippen molar-refractivity contribution >= 4 is 23.3 Å². The fraction of sp³-hybridized carbons (Fsp3) is 0.188. The highest BCUT2D eigenvalue weighted by Gasteiger charge is 2.19. The molecule has 0 fully saturated rings. The van der Waals surface area contributed by atoms with E-state index in [1.54, 1.807) is 30.8 Å². The summed E-state index contributed by atoms with van der Waals surface area (Å²) in [4.78, 5) is 12.4. The Balaban J connectivity index is 1.82. The number of nitrogens with zero attached hydrogens (tertiary/aromatic N) is 3. The van der Waals surface area contributed by atoms with Crippen molar-refractivity contribution in [2.45, 2.75) is 20.4 Å². The fourth-order valence-corrected chi connectivity index (χ4v) is 2.53.